The van der Waals surface area contributed by atoms with Gasteiger partial charge in [-0.3, -0.25) is 9.88 Å². The molecule has 6 heteroatoms. The van der Waals surface area contributed by atoms with E-state index in [1.165, 1.54) is 18.3 Å². The molecular formula is C19H15F2N3O. The van der Waals surface area contributed by atoms with Crippen LogP contribution in [-0.4, -0.2) is 20.0 Å². The fourth-order valence-corrected chi connectivity index (χ4v) is 3.09. The molecule has 126 valence electrons. The summed E-state index contributed by atoms with van der Waals surface area (Å²) < 4.78 is 27.7. The first-order chi connectivity index (χ1) is 12.1. The average Bonchev–Trinajstić information content (AvgIpc) is 2.93. The minimum atomic E-state index is -0.794. The Morgan fingerprint density at radius 2 is 1.88 bits per heavy atom. The molecule has 1 aliphatic rings. The molecule has 4 rings (SSSR count). The first-order valence-corrected chi connectivity index (χ1v) is 7.88. The van der Waals surface area contributed by atoms with Gasteiger partial charge in [-0.1, -0.05) is 18.2 Å². The molecule has 0 amide bonds. The van der Waals surface area contributed by atoms with Gasteiger partial charge in [0.2, 0.25) is 5.95 Å². The summed E-state index contributed by atoms with van der Waals surface area (Å²) in [5.41, 5.74) is 3.17. The van der Waals surface area contributed by atoms with E-state index in [4.69, 9.17) is 0 Å². The molecular weight excluding hydrogens is 324 g/mol. The highest BCUT2D eigenvalue weighted by atomic mass is 19.1. The fraction of sp³-hybridized carbons (Fsp3) is 0.158. The Morgan fingerprint density at radius 3 is 2.64 bits per heavy atom. The van der Waals surface area contributed by atoms with Crippen molar-refractivity contribution in [3.63, 3.8) is 0 Å². The van der Waals surface area contributed by atoms with Crippen LogP contribution >= 0.6 is 0 Å². The topological polar surface area (TPSA) is 49.3 Å². The van der Waals surface area contributed by atoms with Crippen LogP contribution in [-0.2, 0) is 13.1 Å². The maximum Gasteiger partial charge on any atom is 0.213 e. The summed E-state index contributed by atoms with van der Waals surface area (Å²) in [5, 5.41) is 10.4. The number of pyridine rings is 2. The zero-order valence-corrected chi connectivity index (χ0v) is 13.2. The summed E-state index contributed by atoms with van der Waals surface area (Å²) in [6.45, 7) is 0.725. The van der Waals surface area contributed by atoms with Crippen LogP contribution in [0.3, 0.4) is 0 Å². The van der Waals surface area contributed by atoms with Crippen molar-refractivity contribution in [3.8, 4) is 11.1 Å². The normalized spacial score (nSPS) is 16.8. The Morgan fingerprint density at radius 1 is 1.04 bits per heavy atom. The molecule has 0 aliphatic carbocycles. The van der Waals surface area contributed by atoms with E-state index in [0.717, 1.165) is 11.3 Å². The van der Waals surface area contributed by atoms with Gasteiger partial charge in [-0.2, -0.15) is 4.39 Å². The SMILES string of the molecule is OC1c2cccnc2CN1Cc1ccc(-c2ccnc(F)c2)cc1F. The van der Waals surface area contributed by atoms with E-state index < -0.39 is 18.0 Å². The summed E-state index contributed by atoms with van der Waals surface area (Å²) in [7, 11) is 0. The summed E-state index contributed by atoms with van der Waals surface area (Å²) in [6.07, 6.45) is 2.23. The van der Waals surface area contributed by atoms with Crippen molar-refractivity contribution >= 4 is 0 Å². The van der Waals surface area contributed by atoms with Crippen molar-refractivity contribution in [1.82, 2.24) is 14.9 Å². The Labute approximate surface area is 143 Å². The maximum atomic E-state index is 14.5. The molecule has 0 radical (unpaired) electrons. The molecule has 0 saturated heterocycles. The molecule has 3 aromatic rings. The largest absolute Gasteiger partial charge is 0.374 e. The number of aromatic nitrogens is 2. The molecule has 1 unspecified atom stereocenters. The lowest BCUT2D eigenvalue weighted by Gasteiger charge is -2.20. The molecule has 1 atom stereocenters. The van der Waals surface area contributed by atoms with Crippen LogP contribution in [0.15, 0.2) is 54.9 Å². The number of benzene rings is 1. The Hall–Kier alpha value is -2.70. The van der Waals surface area contributed by atoms with Gasteiger partial charge < -0.3 is 5.11 Å². The van der Waals surface area contributed by atoms with Crippen LogP contribution in [0, 0.1) is 11.8 Å². The lowest BCUT2D eigenvalue weighted by atomic mass is 10.0. The summed E-state index contributed by atoms with van der Waals surface area (Å²) in [5.74, 6) is -1.00. The standard InChI is InChI=1S/C19H15F2N3O/c20-16-8-12(13-5-7-23-18(21)9-13)3-4-14(16)10-24-11-17-15(19(24)25)2-1-6-22-17/h1-9,19,25H,10-11H2. The van der Waals surface area contributed by atoms with E-state index in [1.807, 2.05) is 6.07 Å². The third kappa shape index (κ3) is 3.01. The molecule has 3 heterocycles. The van der Waals surface area contributed by atoms with Gasteiger partial charge in [0.25, 0.3) is 0 Å². The van der Waals surface area contributed by atoms with Gasteiger partial charge in [0, 0.05) is 42.7 Å². The van der Waals surface area contributed by atoms with E-state index in [-0.39, 0.29) is 6.54 Å². The number of aliphatic hydroxyl groups excluding tert-OH is 1. The number of rotatable bonds is 3. The number of nitrogens with zero attached hydrogens (tertiary/aromatic N) is 3. The van der Waals surface area contributed by atoms with Crippen LogP contribution < -0.4 is 0 Å². The van der Waals surface area contributed by atoms with Gasteiger partial charge in [-0.25, -0.2) is 9.37 Å². The molecule has 1 aliphatic heterocycles. The highest BCUT2D eigenvalue weighted by Gasteiger charge is 2.29. The van der Waals surface area contributed by atoms with E-state index in [0.29, 0.717) is 23.2 Å². The Bertz CT molecular complexity index is 932. The average molecular weight is 339 g/mol. The van der Waals surface area contributed by atoms with Crippen LogP contribution in [0.5, 0.6) is 0 Å². The zero-order chi connectivity index (χ0) is 17.4. The smallest absolute Gasteiger partial charge is 0.213 e. The van der Waals surface area contributed by atoms with Gasteiger partial charge in [-0.05, 0) is 29.3 Å². The lowest BCUT2D eigenvalue weighted by Crippen LogP contribution is -2.22. The fourth-order valence-electron chi connectivity index (χ4n) is 3.09. The van der Waals surface area contributed by atoms with Gasteiger partial charge in [-0.15, -0.1) is 0 Å². The molecule has 4 nitrogen and oxygen atoms in total. The van der Waals surface area contributed by atoms with Gasteiger partial charge in [0.15, 0.2) is 0 Å². The van der Waals surface area contributed by atoms with Crippen LogP contribution in [0.4, 0.5) is 8.78 Å². The van der Waals surface area contributed by atoms with Gasteiger partial charge >= 0.3 is 0 Å². The van der Waals surface area contributed by atoms with E-state index in [2.05, 4.69) is 9.97 Å². The first-order valence-electron chi connectivity index (χ1n) is 7.88. The summed E-state index contributed by atoms with van der Waals surface area (Å²) >= 11 is 0. The summed E-state index contributed by atoms with van der Waals surface area (Å²) in [4.78, 5) is 9.50. The first kappa shape index (κ1) is 15.8. The van der Waals surface area contributed by atoms with E-state index in [1.54, 1.807) is 35.4 Å². The molecule has 0 saturated carbocycles. The number of halogens is 2. The number of hydrogen-bond donors (Lipinski definition) is 1. The second-order valence-corrected chi connectivity index (χ2v) is 5.99. The van der Waals surface area contributed by atoms with E-state index in [9.17, 15) is 13.9 Å². The minimum absolute atomic E-state index is 0.258. The molecule has 1 aromatic carbocycles. The number of hydrogen-bond acceptors (Lipinski definition) is 4. The van der Waals surface area contributed by atoms with Crippen molar-refractivity contribution in [3.05, 3.63) is 83.4 Å². The zero-order valence-electron chi connectivity index (χ0n) is 13.2. The van der Waals surface area contributed by atoms with Crippen LogP contribution in [0.2, 0.25) is 0 Å². The molecule has 0 spiro atoms. The van der Waals surface area contributed by atoms with Crippen molar-refractivity contribution in [2.24, 2.45) is 0 Å². The highest BCUT2D eigenvalue weighted by Crippen LogP contribution is 2.32. The van der Waals surface area contributed by atoms with Crippen molar-refractivity contribution in [2.75, 3.05) is 0 Å². The predicted octanol–water partition coefficient (Wildman–Crippen LogP) is 3.43. The highest BCUT2D eigenvalue weighted by molar-refractivity contribution is 5.63. The van der Waals surface area contributed by atoms with Crippen molar-refractivity contribution < 1.29 is 13.9 Å². The monoisotopic (exact) mass is 339 g/mol. The van der Waals surface area contributed by atoms with Crippen molar-refractivity contribution in [1.29, 1.82) is 0 Å². The second-order valence-electron chi connectivity index (χ2n) is 5.99. The third-order valence-corrected chi connectivity index (χ3v) is 4.39. The molecule has 2 aromatic heterocycles. The molecule has 25 heavy (non-hydrogen) atoms. The molecule has 0 bridgehead atoms. The predicted molar refractivity (Wildman–Crippen MR) is 88.0 cm³/mol. The van der Waals surface area contributed by atoms with Gasteiger partial charge in [0.1, 0.15) is 12.0 Å². The van der Waals surface area contributed by atoms with E-state index >= 15 is 0 Å². The summed E-state index contributed by atoms with van der Waals surface area (Å²) in [6, 6.07) is 11.3. The minimum Gasteiger partial charge on any atom is -0.374 e. The number of aliphatic hydroxyl groups is 1. The Kier molecular flexibility index (Phi) is 3.99. The van der Waals surface area contributed by atoms with Crippen LogP contribution in [0.25, 0.3) is 11.1 Å². The lowest BCUT2D eigenvalue weighted by molar-refractivity contribution is 0.00695. The van der Waals surface area contributed by atoms with Crippen molar-refractivity contribution in [2.45, 2.75) is 19.3 Å². The molecule has 0 fully saturated rings. The maximum absolute atomic E-state index is 14.5. The Balaban J connectivity index is 1.57. The molecule has 1 N–H and O–H groups in total. The third-order valence-electron chi connectivity index (χ3n) is 4.39. The quantitative estimate of drug-likeness (QED) is 0.743. The van der Waals surface area contributed by atoms with Gasteiger partial charge in [0.05, 0.1) is 5.69 Å². The number of fused-ring (bicyclic) bond motifs is 1. The second kappa shape index (κ2) is 6.31. The van der Waals surface area contributed by atoms with Crippen LogP contribution in [0.1, 0.15) is 23.0 Å².